The summed E-state index contributed by atoms with van der Waals surface area (Å²) in [5.74, 6) is -0.429. The second-order valence-corrected chi connectivity index (χ2v) is 8.39. The summed E-state index contributed by atoms with van der Waals surface area (Å²) in [6.07, 6.45) is 1.65. The molecular weight excluding hydrogens is 441 g/mol. The van der Waals surface area contributed by atoms with Crippen molar-refractivity contribution in [2.45, 2.75) is 29.9 Å². The van der Waals surface area contributed by atoms with Gasteiger partial charge in [0.15, 0.2) is 0 Å². The summed E-state index contributed by atoms with van der Waals surface area (Å²) in [5.41, 5.74) is -1.67. The van der Waals surface area contributed by atoms with Gasteiger partial charge in [-0.2, -0.15) is 13.2 Å². The van der Waals surface area contributed by atoms with E-state index in [2.05, 4.69) is 10.3 Å². The molecule has 32 heavy (non-hydrogen) atoms. The number of nitrogens with zero attached hydrogens (tertiary/aromatic N) is 3. The summed E-state index contributed by atoms with van der Waals surface area (Å²) in [4.78, 5) is 32.7. The molecule has 166 valence electrons. The molecular formula is C22H19F3N4O2S. The van der Waals surface area contributed by atoms with E-state index in [1.807, 2.05) is 25.2 Å². The molecule has 4 rings (SSSR count). The van der Waals surface area contributed by atoms with Crippen LogP contribution in [0, 0.1) is 0 Å². The molecule has 2 heterocycles. The number of urea groups is 1. The lowest BCUT2D eigenvalue weighted by molar-refractivity contribution is -0.119. The standard InChI is InChI=1S/C22H19F3N4O2S/c1-13-20(30)29(16-4-6-17(7-5-16)32-22(23,24)25)21(31)28(13)12-14-9-10-27-19-11-15(26-2)3-8-18(14)19/h3-11,13,26H,12H2,1-2H3. The number of hydrogen-bond donors (Lipinski definition) is 1. The molecule has 0 aliphatic carbocycles. The molecule has 3 amide bonds. The molecule has 0 radical (unpaired) electrons. The fourth-order valence-corrected chi connectivity index (χ4v) is 4.17. The third-order valence-electron chi connectivity index (χ3n) is 5.27. The normalized spacial score (nSPS) is 16.8. The molecule has 1 aliphatic heterocycles. The number of alkyl halides is 3. The van der Waals surface area contributed by atoms with Crippen LogP contribution in [-0.4, -0.2) is 40.4 Å². The SMILES string of the molecule is CNc1ccc2c(CN3C(=O)N(c4ccc(SC(F)(F)F)cc4)C(=O)C3C)ccnc2c1. The van der Waals surface area contributed by atoms with Gasteiger partial charge in [-0.25, -0.2) is 9.69 Å². The van der Waals surface area contributed by atoms with Crippen LogP contribution in [-0.2, 0) is 11.3 Å². The second kappa shape index (κ2) is 8.34. The summed E-state index contributed by atoms with van der Waals surface area (Å²) < 4.78 is 37.7. The van der Waals surface area contributed by atoms with Gasteiger partial charge in [-0.15, -0.1) is 0 Å². The number of pyridine rings is 1. The first kappa shape index (κ1) is 21.9. The van der Waals surface area contributed by atoms with Gasteiger partial charge in [0.1, 0.15) is 6.04 Å². The predicted molar refractivity (Wildman–Crippen MR) is 118 cm³/mol. The highest BCUT2D eigenvalue weighted by Crippen LogP contribution is 2.38. The van der Waals surface area contributed by atoms with Gasteiger partial charge < -0.3 is 10.2 Å². The van der Waals surface area contributed by atoms with Crippen LogP contribution in [0.25, 0.3) is 10.9 Å². The fraction of sp³-hybridized carbons (Fsp3) is 0.227. The number of halogens is 3. The Morgan fingerprint density at radius 3 is 2.47 bits per heavy atom. The Hall–Kier alpha value is -3.27. The van der Waals surface area contributed by atoms with Crippen LogP contribution in [0.4, 0.5) is 29.3 Å². The number of amides is 3. The molecule has 0 bridgehead atoms. The highest BCUT2D eigenvalue weighted by Gasteiger charge is 2.43. The summed E-state index contributed by atoms with van der Waals surface area (Å²) in [6.45, 7) is 1.83. The second-order valence-electron chi connectivity index (χ2n) is 7.25. The number of carbonyl (C=O) groups excluding carboxylic acids is 2. The Labute approximate surface area is 186 Å². The largest absolute Gasteiger partial charge is 0.446 e. The summed E-state index contributed by atoms with van der Waals surface area (Å²) >= 11 is -0.249. The van der Waals surface area contributed by atoms with Gasteiger partial charge in [0.2, 0.25) is 0 Å². The van der Waals surface area contributed by atoms with Crippen LogP contribution >= 0.6 is 11.8 Å². The molecule has 0 spiro atoms. The van der Waals surface area contributed by atoms with E-state index in [1.54, 1.807) is 19.2 Å². The lowest BCUT2D eigenvalue weighted by Gasteiger charge is -2.20. The molecule has 2 aromatic carbocycles. The number of rotatable bonds is 5. The molecule has 1 atom stereocenters. The minimum atomic E-state index is -4.41. The number of thioether (sulfide) groups is 1. The first-order chi connectivity index (χ1) is 15.2. The van der Waals surface area contributed by atoms with Gasteiger partial charge in [-0.3, -0.25) is 9.78 Å². The van der Waals surface area contributed by atoms with Crippen LogP contribution in [0.1, 0.15) is 12.5 Å². The zero-order chi connectivity index (χ0) is 23.0. The van der Waals surface area contributed by atoms with Gasteiger partial charge in [0.05, 0.1) is 11.2 Å². The molecule has 0 saturated carbocycles. The van der Waals surface area contributed by atoms with E-state index in [-0.39, 0.29) is 28.9 Å². The highest BCUT2D eigenvalue weighted by molar-refractivity contribution is 8.00. The van der Waals surface area contributed by atoms with Gasteiger partial charge in [-0.05, 0) is 66.7 Å². The number of imide groups is 1. The number of anilines is 2. The van der Waals surface area contributed by atoms with Crippen LogP contribution in [0.15, 0.2) is 59.6 Å². The summed E-state index contributed by atoms with van der Waals surface area (Å²) in [5, 5.41) is 3.92. The Kier molecular flexibility index (Phi) is 5.72. The minimum Gasteiger partial charge on any atom is -0.388 e. The monoisotopic (exact) mass is 460 g/mol. The van der Waals surface area contributed by atoms with Crippen LogP contribution in [0.3, 0.4) is 0 Å². The van der Waals surface area contributed by atoms with Crippen molar-refractivity contribution in [1.82, 2.24) is 9.88 Å². The van der Waals surface area contributed by atoms with Gasteiger partial charge >= 0.3 is 11.5 Å². The average Bonchev–Trinajstić information content (AvgIpc) is 2.96. The molecule has 1 fully saturated rings. The molecule has 1 N–H and O–H groups in total. The summed E-state index contributed by atoms with van der Waals surface area (Å²) in [6, 6.07) is 11.5. The third kappa shape index (κ3) is 4.22. The molecule has 10 heteroatoms. The van der Waals surface area contributed by atoms with E-state index in [0.29, 0.717) is 0 Å². The molecule has 1 aromatic heterocycles. The van der Waals surface area contributed by atoms with Crippen LogP contribution < -0.4 is 10.2 Å². The van der Waals surface area contributed by atoms with E-state index < -0.39 is 23.5 Å². The lowest BCUT2D eigenvalue weighted by Crippen LogP contribution is -2.33. The maximum absolute atomic E-state index is 13.1. The van der Waals surface area contributed by atoms with Gasteiger partial charge in [0.25, 0.3) is 5.91 Å². The van der Waals surface area contributed by atoms with Gasteiger partial charge in [-0.1, -0.05) is 6.07 Å². The number of hydrogen-bond acceptors (Lipinski definition) is 5. The van der Waals surface area contributed by atoms with E-state index in [4.69, 9.17) is 0 Å². The van der Waals surface area contributed by atoms with E-state index in [1.165, 1.54) is 29.2 Å². The predicted octanol–water partition coefficient (Wildman–Crippen LogP) is 5.25. The quantitative estimate of drug-likeness (QED) is 0.416. The fourth-order valence-electron chi connectivity index (χ4n) is 3.63. The summed E-state index contributed by atoms with van der Waals surface area (Å²) in [7, 11) is 1.81. The van der Waals surface area contributed by atoms with E-state index in [0.717, 1.165) is 27.1 Å². The van der Waals surface area contributed by atoms with Crippen molar-refractivity contribution in [2.24, 2.45) is 0 Å². The van der Waals surface area contributed by atoms with Crippen molar-refractivity contribution in [2.75, 3.05) is 17.3 Å². The maximum atomic E-state index is 13.1. The number of benzene rings is 2. The van der Waals surface area contributed by atoms with Crippen molar-refractivity contribution >= 4 is 46.0 Å². The zero-order valence-corrected chi connectivity index (χ0v) is 18.0. The number of nitrogens with one attached hydrogen (secondary N) is 1. The Morgan fingerprint density at radius 2 is 1.81 bits per heavy atom. The Bertz CT molecular complexity index is 1180. The molecule has 1 aliphatic rings. The molecule has 1 unspecified atom stereocenters. The Morgan fingerprint density at radius 1 is 1.09 bits per heavy atom. The average molecular weight is 460 g/mol. The van der Waals surface area contributed by atoms with Crippen molar-refractivity contribution in [1.29, 1.82) is 0 Å². The van der Waals surface area contributed by atoms with Crippen molar-refractivity contribution in [3.63, 3.8) is 0 Å². The number of aromatic nitrogens is 1. The molecule has 3 aromatic rings. The van der Waals surface area contributed by atoms with Crippen LogP contribution in [0.5, 0.6) is 0 Å². The number of fused-ring (bicyclic) bond motifs is 1. The maximum Gasteiger partial charge on any atom is 0.446 e. The Balaban J connectivity index is 1.59. The highest BCUT2D eigenvalue weighted by atomic mass is 32.2. The zero-order valence-electron chi connectivity index (χ0n) is 17.2. The van der Waals surface area contributed by atoms with E-state index in [9.17, 15) is 22.8 Å². The van der Waals surface area contributed by atoms with Gasteiger partial charge in [0, 0.05) is 35.8 Å². The van der Waals surface area contributed by atoms with Crippen LogP contribution in [0.2, 0.25) is 0 Å². The third-order valence-corrected chi connectivity index (χ3v) is 6.01. The molecule has 6 nitrogen and oxygen atoms in total. The lowest BCUT2D eigenvalue weighted by atomic mass is 10.1. The minimum absolute atomic E-state index is 0.0190. The van der Waals surface area contributed by atoms with Crippen molar-refractivity contribution < 1.29 is 22.8 Å². The van der Waals surface area contributed by atoms with E-state index >= 15 is 0 Å². The smallest absolute Gasteiger partial charge is 0.388 e. The number of carbonyl (C=O) groups is 2. The topological polar surface area (TPSA) is 65.5 Å². The first-order valence-electron chi connectivity index (χ1n) is 9.74. The molecule has 1 saturated heterocycles. The van der Waals surface area contributed by atoms with Crippen molar-refractivity contribution in [3.05, 3.63) is 60.3 Å². The first-order valence-corrected chi connectivity index (χ1v) is 10.6. The van der Waals surface area contributed by atoms with Crippen molar-refractivity contribution in [3.8, 4) is 0 Å².